The van der Waals surface area contributed by atoms with E-state index in [0.29, 0.717) is 6.54 Å². The van der Waals surface area contributed by atoms with Gasteiger partial charge >= 0.3 is 0 Å². The molecule has 0 bridgehead atoms. The van der Waals surface area contributed by atoms with E-state index in [1.807, 2.05) is 6.07 Å². The Kier molecular flexibility index (Phi) is 2.10. The fourth-order valence-electron chi connectivity index (χ4n) is 1.41. The highest BCUT2D eigenvalue weighted by Gasteiger charge is 2.38. The Hall–Kier alpha value is -0.690. The van der Waals surface area contributed by atoms with Crippen LogP contribution in [0.4, 0.5) is 8.78 Å². The molecule has 0 spiro atoms. The third-order valence-electron chi connectivity index (χ3n) is 1.76. The summed E-state index contributed by atoms with van der Waals surface area (Å²) >= 11 is 0. The number of alkyl halides is 2. The lowest BCUT2D eigenvalue weighted by molar-refractivity contribution is -0.0689. The molecule has 2 nitrogen and oxygen atoms in total. The Balaban J connectivity index is 2.60. The Morgan fingerprint density at radius 1 is 1.64 bits per heavy atom. The molecule has 11 heavy (non-hydrogen) atoms. The lowest BCUT2D eigenvalue weighted by Crippen LogP contribution is -2.44. The van der Waals surface area contributed by atoms with Crippen molar-refractivity contribution in [1.82, 2.24) is 4.90 Å². The lowest BCUT2D eigenvalue weighted by atomic mass is 9.97. The third-order valence-corrected chi connectivity index (χ3v) is 1.76. The Morgan fingerprint density at radius 3 is 2.73 bits per heavy atom. The molecular formula is C7H10F2N2. The summed E-state index contributed by atoms with van der Waals surface area (Å²) < 4.78 is 25.4. The van der Waals surface area contributed by atoms with Crippen molar-refractivity contribution in [3.63, 3.8) is 0 Å². The number of hydrogen-bond acceptors (Lipinski definition) is 2. The summed E-state index contributed by atoms with van der Waals surface area (Å²) in [6.45, 7) is 0.247. The molecule has 0 unspecified atom stereocenters. The molecule has 1 fully saturated rings. The number of piperidine rings is 1. The first-order valence-corrected chi connectivity index (χ1v) is 3.49. The second-order valence-corrected chi connectivity index (χ2v) is 3.08. The van der Waals surface area contributed by atoms with Crippen LogP contribution in [0.2, 0.25) is 0 Å². The standard InChI is InChI=1S/C7H10F2N2/c1-11-4-6(3-10)2-7(8,9)5-11/h6H,2,4-5H2,1H3/t6-/m1/s1. The van der Waals surface area contributed by atoms with Crippen LogP contribution in [0.5, 0.6) is 0 Å². The van der Waals surface area contributed by atoms with Crippen LogP contribution < -0.4 is 0 Å². The molecule has 1 aliphatic heterocycles. The van der Waals surface area contributed by atoms with Gasteiger partial charge in [0.15, 0.2) is 0 Å². The molecule has 0 amide bonds. The number of nitriles is 1. The third kappa shape index (κ3) is 2.12. The molecule has 1 aliphatic rings. The van der Waals surface area contributed by atoms with Gasteiger partial charge in [0.25, 0.3) is 5.92 Å². The molecule has 0 aromatic rings. The summed E-state index contributed by atoms with van der Waals surface area (Å²) in [6.07, 6.45) is -0.284. The van der Waals surface area contributed by atoms with E-state index >= 15 is 0 Å². The number of hydrogen-bond donors (Lipinski definition) is 0. The molecule has 1 heterocycles. The minimum absolute atomic E-state index is 0.217. The Morgan fingerprint density at radius 2 is 2.27 bits per heavy atom. The van der Waals surface area contributed by atoms with Gasteiger partial charge in [-0.05, 0) is 7.05 Å². The predicted molar refractivity (Wildman–Crippen MR) is 36.2 cm³/mol. The van der Waals surface area contributed by atoms with Crippen molar-refractivity contribution >= 4 is 0 Å². The monoisotopic (exact) mass is 160 g/mol. The van der Waals surface area contributed by atoms with Gasteiger partial charge in [-0.1, -0.05) is 0 Å². The first-order valence-electron chi connectivity index (χ1n) is 3.49. The normalized spacial score (nSPS) is 31.3. The molecule has 1 saturated heterocycles. The van der Waals surface area contributed by atoms with Crippen molar-refractivity contribution in [3.8, 4) is 6.07 Å². The van der Waals surface area contributed by atoms with Crippen LogP contribution in [0.3, 0.4) is 0 Å². The second-order valence-electron chi connectivity index (χ2n) is 3.08. The number of halogens is 2. The van der Waals surface area contributed by atoms with Gasteiger partial charge in [0.05, 0.1) is 18.5 Å². The molecule has 4 heteroatoms. The number of rotatable bonds is 0. The van der Waals surface area contributed by atoms with E-state index in [0.717, 1.165) is 0 Å². The predicted octanol–water partition coefficient (Wildman–Crippen LogP) is 1.10. The van der Waals surface area contributed by atoms with Gasteiger partial charge in [-0.15, -0.1) is 0 Å². The largest absolute Gasteiger partial charge is 0.299 e. The van der Waals surface area contributed by atoms with Crippen LogP contribution in [0.25, 0.3) is 0 Å². The van der Waals surface area contributed by atoms with Crippen molar-refractivity contribution in [2.45, 2.75) is 12.3 Å². The van der Waals surface area contributed by atoms with Crippen LogP contribution in [-0.4, -0.2) is 31.0 Å². The van der Waals surface area contributed by atoms with E-state index in [1.165, 1.54) is 4.90 Å². The van der Waals surface area contributed by atoms with Gasteiger partial charge in [0, 0.05) is 13.0 Å². The van der Waals surface area contributed by atoms with Crippen LogP contribution in [-0.2, 0) is 0 Å². The molecule has 0 radical (unpaired) electrons. The van der Waals surface area contributed by atoms with Gasteiger partial charge in [-0.25, -0.2) is 8.78 Å². The van der Waals surface area contributed by atoms with Crippen molar-refractivity contribution in [2.24, 2.45) is 5.92 Å². The zero-order valence-corrected chi connectivity index (χ0v) is 6.35. The fraction of sp³-hybridized carbons (Fsp3) is 0.857. The van der Waals surface area contributed by atoms with Crippen molar-refractivity contribution in [1.29, 1.82) is 5.26 Å². The smallest absolute Gasteiger partial charge is 0.261 e. The van der Waals surface area contributed by atoms with Gasteiger partial charge in [-0.2, -0.15) is 5.26 Å². The molecule has 1 atom stereocenters. The maximum atomic E-state index is 12.7. The first kappa shape index (κ1) is 8.41. The molecule has 1 rings (SSSR count). The molecule has 0 aromatic heterocycles. The minimum atomic E-state index is -2.67. The van der Waals surface area contributed by atoms with Crippen LogP contribution >= 0.6 is 0 Å². The average Bonchev–Trinajstić information content (AvgIpc) is 1.83. The van der Waals surface area contributed by atoms with Crippen molar-refractivity contribution < 1.29 is 8.78 Å². The number of likely N-dealkylation sites (tertiary alicyclic amines) is 1. The second kappa shape index (κ2) is 2.74. The van der Waals surface area contributed by atoms with E-state index in [4.69, 9.17) is 5.26 Å². The zero-order chi connectivity index (χ0) is 8.48. The maximum Gasteiger partial charge on any atom is 0.261 e. The molecular weight excluding hydrogens is 150 g/mol. The molecule has 0 N–H and O–H groups in total. The summed E-state index contributed by atoms with van der Waals surface area (Å²) in [5.41, 5.74) is 0. The van der Waals surface area contributed by atoms with Crippen LogP contribution in [0.15, 0.2) is 0 Å². The number of nitrogens with zero attached hydrogens (tertiary/aromatic N) is 2. The quantitative estimate of drug-likeness (QED) is 0.530. The minimum Gasteiger partial charge on any atom is -0.299 e. The van der Waals surface area contributed by atoms with Gasteiger partial charge in [-0.3, -0.25) is 4.90 Å². The molecule has 0 saturated carbocycles. The summed E-state index contributed by atoms with van der Waals surface area (Å²) in [4.78, 5) is 1.50. The highest BCUT2D eigenvalue weighted by atomic mass is 19.3. The van der Waals surface area contributed by atoms with Crippen LogP contribution in [0, 0.1) is 17.2 Å². The summed E-state index contributed by atoms with van der Waals surface area (Å²) in [6, 6.07) is 1.87. The topological polar surface area (TPSA) is 27.0 Å². The highest BCUT2D eigenvalue weighted by molar-refractivity contribution is 4.93. The SMILES string of the molecule is CN1C[C@@H](C#N)CC(F)(F)C1. The average molecular weight is 160 g/mol. The van der Waals surface area contributed by atoms with Crippen LogP contribution in [0.1, 0.15) is 6.42 Å². The fourth-order valence-corrected chi connectivity index (χ4v) is 1.41. The summed E-state index contributed by atoms with van der Waals surface area (Å²) in [5, 5.41) is 8.43. The van der Waals surface area contributed by atoms with E-state index < -0.39 is 11.8 Å². The van der Waals surface area contributed by atoms with E-state index in [1.54, 1.807) is 7.05 Å². The van der Waals surface area contributed by atoms with E-state index in [2.05, 4.69) is 0 Å². The highest BCUT2D eigenvalue weighted by Crippen LogP contribution is 2.28. The van der Waals surface area contributed by atoms with Crippen molar-refractivity contribution in [3.05, 3.63) is 0 Å². The zero-order valence-electron chi connectivity index (χ0n) is 6.35. The Bertz CT molecular complexity index is 185. The summed E-state index contributed by atoms with van der Waals surface area (Å²) in [7, 11) is 1.61. The summed E-state index contributed by atoms with van der Waals surface area (Å²) in [5.74, 6) is -3.18. The van der Waals surface area contributed by atoms with E-state index in [9.17, 15) is 8.78 Å². The van der Waals surface area contributed by atoms with E-state index in [-0.39, 0.29) is 13.0 Å². The maximum absolute atomic E-state index is 12.7. The van der Waals surface area contributed by atoms with Crippen molar-refractivity contribution in [2.75, 3.05) is 20.1 Å². The molecule has 0 aromatic carbocycles. The first-order chi connectivity index (χ1) is 5.03. The molecule has 62 valence electrons. The van der Waals surface area contributed by atoms with Gasteiger partial charge < -0.3 is 0 Å². The molecule has 0 aliphatic carbocycles. The Labute approximate surface area is 64.4 Å². The lowest BCUT2D eigenvalue weighted by Gasteiger charge is -2.32. The van der Waals surface area contributed by atoms with Gasteiger partial charge in [0.1, 0.15) is 0 Å². The van der Waals surface area contributed by atoms with Gasteiger partial charge in [0.2, 0.25) is 0 Å².